The highest BCUT2D eigenvalue weighted by Gasteiger charge is 2.16. The second-order valence-corrected chi connectivity index (χ2v) is 4.47. The second-order valence-electron chi connectivity index (χ2n) is 4.47. The Morgan fingerprint density at radius 1 is 1.39 bits per heavy atom. The largest absolute Gasteiger partial charge is 0.392 e. The third-order valence-electron chi connectivity index (χ3n) is 2.66. The number of amides is 1. The maximum atomic E-state index is 11.6. The minimum Gasteiger partial charge on any atom is -0.392 e. The summed E-state index contributed by atoms with van der Waals surface area (Å²) in [7, 11) is 0. The lowest BCUT2D eigenvalue weighted by molar-refractivity contribution is -0.123. The van der Waals surface area contributed by atoms with Crippen LogP contribution in [0.3, 0.4) is 0 Å². The number of hydrogen-bond acceptors (Lipinski definition) is 3. The van der Waals surface area contributed by atoms with Gasteiger partial charge >= 0.3 is 0 Å². The zero-order chi connectivity index (χ0) is 12.8. The van der Waals surface area contributed by atoms with Gasteiger partial charge in [0, 0.05) is 6.54 Å². The van der Waals surface area contributed by atoms with Gasteiger partial charge < -0.3 is 16.2 Å². The van der Waals surface area contributed by atoms with Crippen molar-refractivity contribution in [3.8, 4) is 0 Å². The van der Waals surface area contributed by atoms with E-state index >= 15 is 0 Å². The van der Waals surface area contributed by atoms with E-state index in [1.165, 1.54) is 0 Å². The SMILES string of the molecule is CC(C)[C@H](N)C(=O)NCc1cccc(CO)c1.Cl. The van der Waals surface area contributed by atoms with Crippen LogP contribution in [0.15, 0.2) is 24.3 Å². The van der Waals surface area contributed by atoms with Crippen molar-refractivity contribution in [3.05, 3.63) is 35.4 Å². The first-order valence-electron chi connectivity index (χ1n) is 5.76. The van der Waals surface area contributed by atoms with E-state index in [0.29, 0.717) is 6.54 Å². The Hall–Kier alpha value is -1.10. The minimum atomic E-state index is -0.476. The number of rotatable bonds is 5. The van der Waals surface area contributed by atoms with Crippen LogP contribution in [-0.4, -0.2) is 17.1 Å². The van der Waals surface area contributed by atoms with E-state index in [1.807, 2.05) is 38.1 Å². The molecule has 1 aromatic carbocycles. The molecule has 4 N–H and O–H groups in total. The number of halogens is 1. The third-order valence-corrected chi connectivity index (χ3v) is 2.66. The Labute approximate surface area is 114 Å². The van der Waals surface area contributed by atoms with Crippen LogP contribution in [0, 0.1) is 5.92 Å². The summed E-state index contributed by atoms with van der Waals surface area (Å²) in [5.41, 5.74) is 7.53. The van der Waals surface area contributed by atoms with Crippen molar-refractivity contribution in [2.45, 2.75) is 33.0 Å². The first-order chi connectivity index (χ1) is 8.04. The zero-order valence-electron chi connectivity index (χ0n) is 10.7. The molecular weight excluding hydrogens is 252 g/mol. The number of carbonyl (C=O) groups excluding carboxylic acids is 1. The summed E-state index contributed by atoms with van der Waals surface area (Å²) in [6, 6.07) is 6.98. The number of nitrogens with one attached hydrogen (secondary N) is 1. The Balaban J connectivity index is 0.00000289. The summed E-state index contributed by atoms with van der Waals surface area (Å²) in [5, 5.41) is 11.8. The molecule has 1 rings (SSSR count). The van der Waals surface area contributed by atoms with Gasteiger partial charge in [0.05, 0.1) is 12.6 Å². The van der Waals surface area contributed by atoms with E-state index in [9.17, 15) is 4.79 Å². The standard InChI is InChI=1S/C13H20N2O2.ClH/c1-9(2)12(14)13(17)15-7-10-4-3-5-11(6-10)8-16;/h3-6,9,12,16H,7-8,14H2,1-2H3,(H,15,17);1H/t12-;/m0./s1. The molecule has 0 aliphatic carbocycles. The molecule has 1 atom stereocenters. The molecule has 0 spiro atoms. The normalized spacial score (nSPS) is 11.8. The summed E-state index contributed by atoms with van der Waals surface area (Å²) in [6.07, 6.45) is 0. The quantitative estimate of drug-likeness (QED) is 0.754. The number of aliphatic hydroxyl groups is 1. The van der Waals surface area contributed by atoms with Crippen LogP contribution < -0.4 is 11.1 Å². The first kappa shape index (κ1) is 16.9. The van der Waals surface area contributed by atoms with Crippen molar-refractivity contribution in [3.63, 3.8) is 0 Å². The summed E-state index contributed by atoms with van der Waals surface area (Å²) in [6.45, 7) is 4.27. The van der Waals surface area contributed by atoms with Crippen LogP contribution in [0.5, 0.6) is 0 Å². The Kier molecular flexibility index (Phi) is 7.59. The lowest BCUT2D eigenvalue weighted by Gasteiger charge is -2.15. The predicted molar refractivity (Wildman–Crippen MR) is 74.3 cm³/mol. The van der Waals surface area contributed by atoms with Crippen LogP contribution in [-0.2, 0) is 17.9 Å². The van der Waals surface area contributed by atoms with Crippen molar-refractivity contribution in [2.75, 3.05) is 0 Å². The molecule has 0 aliphatic heterocycles. The van der Waals surface area contributed by atoms with Gasteiger partial charge in [-0.25, -0.2) is 0 Å². The molecule has 1 amide bonds. The Morgan fingerprint density at radius 3 is 2.56 bits per heavy atom. The van der Waals surface area contributed by atoms with Crippen LogP contribution in [0.4, 0.5) is 0 Å². The zero-order valence-corrected chi connectivity index (χ0v) is 11.5. The first-order valence-corrected chi connectivity index (χ1v) is 5.76. The van der Waals surface area contributed by atoms with Gasteiger partial charge in [0.1, 0.15) is 0 Å². The van der Waals surface area contributed by atoms with Gasteiger partial charge in [0.15, 0.2) is 0 Å². The van der Waals surface area contributed by atoms with E-state index in [2.05, 4.69) is 5.32 Å². The fourth-order valence-electron chi connectivity index (χ4n) is 1.45. The highest BCUT2D eigenvalue weighted by Crippen LogP contribution is 2.05. The van der Waals surface area contributed by atoms with Crippen molar-refractivity contribution in [1.29, 1.82) is 0 Å². The van der Waals surface area contributed by atoms with E-state index in [4.69, 9.17) is 10.8 Å². The molecule has 4 nitrogen and oxygen atoms in total. The fraction of sp³-hybridized carbons (Fsp3) is 0.462. The third kappa shape index (κ3) is 5.04. The van der Waals surface area contributed by atoms with Crippen LogP contribution in [0.25, 0.3) is 0 Å². The van der Waals surface area contributed by atoms with Crippen molar-refractivity contribution >= 4 is 18.3 Å². The molecule has 0 radical (unpaired) electrons. The molecule has 1 aromatic rings. The topological polar surface area (TPSA) is 75.4 Å². The molecular formula is C13H21ClN2O2. The fourth-order valence-corrected chi connectivity index (χ4v) is 1.45. The summed E-state index contributed by atoms with van der Waals surface area (Å²) < 4.78 is 0. The second kappa shape index (κ2) is 8.08. The molecule has 0 aliphatic rings. The maximum Gasteiger partial charge on any atom is 0.237 e. The predicted octanol–water partition coefficient (Wildman–Crippen LogP) is 1.20. The average Bonchev–Trinajstić information content (AvgIpc) is 2.35. The minimum absolute atomic E-state index is 0. The number of benzene rings is 1. The van der Waals surface area contributed by atoms with Crippen molar-refractivity contribution < 1.29 is 9.90 Å². The monoisotopic (exact) mass is 272 g/mol. The Bertz CT molecular complexity index is 383. The number of hydrogen-bond donors (Lipinski definition) is 3. The molecule has 0 fully saturated rings. The summed E-state index contributed by atoms with van der Waals surface area (Å²) in [4.78, 5) is 11.6. The molecule has 102 valence electrons. The molecule has 0 bridgehead atoms. The smallest absolute Gasteiger partial charge is 0.237 e. The molecule has 0 aromatic heterocycles. The van der Waals surface area contributed by atoms with Crippen LogP contribution >= 0.6 is 12.4 Å². The van der Waals surface area contributed by atoms with Gasteiger partial charge in [-0.2, -0.15) is 0 Å². The molecule has 18 heavy (non-hydrogen) atoms. The molecule has 5 heteroatoms. The van der Waals surface area contributed by atoms with Crippen LogP contribution in [0.2, 0.25) is 0 Å². The van der Waals surface area contributed by atoms with Crippen molar-refractivity contribution in [2.24, 2.45) is 11.7 Å². The van der Waals surface area contributed by atoms with Gasteiger partial charge in [-0.3, -0.25) is 4.79 Å². The van der Waals surface area contributed by atoms with Crippen molar-refractivity contribution in [1.82, 2.24) is 5.32 Å². The van der Waals surface area contributed by atoms with Gasteiger partial charge in [-0.1, -0.05) is 38.1 Å². The van der Waals surface area contributed by atoms with Crippen LogP contribution in [0.1, 0.15) is 25.0 Å². The van der Waals surface area contributed by atoms with Gasteiger partial charge in [-0.05, 0) is 17.0 Å². The van der Waals surface area contributed by atoms with Gasteiger partial charge in [0.2, 0.25) is 5.91 Å². The summed E-state index contributed by atoms with van der Waals surface area (Å²) in [5.74, 6) is -0.0202. The Morgan fingerprint density at radius 2 is 2.00 bits per heavy atom. The lowest BCUT2D eigenvalue weighted by Crippen LogP contribution is -2.43. The highest BCUT2D eigenvalue weighted by atomic mass is 35.5. The number of carbonyl (C=O) groups is 1. The average molecular weight is 273 g/mol. The van der Waals surface area contributed by atoms with E-state index < -0.39 is 6.04 Å². The highest BCUT2D eigenvalue weighted by molar-refractivity contribution is 5.85. The lowest BCUT2D eigenvalue weighted by atomic mass is 10.0. The number of nitrogens with two attached hydrogens (primary N) is 1. The van der Waals surface area contributed by atoms with Gasteiger partial charge in [0.25, 0.3) is 0 Å². The van der Waals surface area contributed by atoms with E-state index in [-0.39, 0.29) is 30.8 Å². The molecule has 0 saturated heterocycles. The molecule has 0 unspecified atom stereocenters. The number of aliphatic hydroxyl groups excluding tert-OH is 1. The molecule has 0 heterocycles. The molecule has 0 saturated carbocycles. The van der Waals surface area contributed by atoms with E-state index in [1.54, 1.807) is 0 Å². The van der Waals surface area contributed by atoms with E-state index in [0.717, 1.165) is 11.1 Å². The summed E-state index contributed by atoms with van der Waals surface area (Å²) >= 11 is 0. The maximum absolute atomic E-state index is 11.6. The van der Waals surface area contributed by atoms with Gasteiger partial charge in [-0.15, -0.1) is 12.4 Å².